The monoisotopic (exact) mass is 884 g/mol. The average molecular weight is 884 g/mol. The molecule has 63 heavy (non-hydrogen) atoms. The molecule has 0 saturated heterocycles. The Balaban J connectivity index is 3.50. The van der Waals surface area contributed by atoms with Crippen molar-refractivity contribution < 1.29 is 24.5 Å². The van der Waals surface area contributed by atoms with Crippen LogP contribution in [0.2, 0.25) is 0 Å². The van der Waals surface area contributed by atoms with E-state index in [9.17, 15) is 19.8 Å². The van der Waals surface area contributed by atoms with Gasteiger partial charge in [0, 0.05) is 12.8 Å². The number of hydrogen-bond donors (Lipinski definition) is 3. The molecule has 0 heterocycles. The normalized spacial score (nSPS) is 13.0. The van der Waals surface area contributed by atoms with Gasteiger partial charge in [-0.15, -0.1) is 0 Å². The summed E-state index contributed by atoms with van der Waals surface area (Å²) in [5, 5.41) is 23.0. The Bertz CT molecular complexity index is 1070. The number of aliphatic hydroxyl groups excluding tert-OH is 2. The first-order valence-corrected chi connectivity index (χ1v) is 27.4. The van der Waals surface area contributed by atoms with Gasteiger partial charge in [0.05, 0.1) is 25.4 Å². The number of hydrogen-bond acceptors (Lipinski definition) is 5. The van der Waals surface area contributed by atoms with Gasteiger partial charge >= 0.3 is 5.97 Å². The molecule has 0 fully saturated rings. The van der Waals surface area contributed by atoms with Crippen LogP contribution in [0.1, 0.15) is 277 Å². The Morgan fingerprint density at radius 1 is 0.444 bits per heavy atom. The topological polar surface area (TPSA) is 95.9 Å². The molecule has 0 radical (unpaired) electrons. The molecule has 368 valence electrons. The minimum atomic E-state index is -0.855. The van der Waals surface area contributed by atoms with Gasteiger partial charge in [-0.1, -0.05) is 223 Å². The van der Waals surface area contributed by atoms with Crippen LogP contribution in [0, 0.1) is 0 Å². The number of unbranched alkanes of at least 4 members (excludes halogenated alkanes) is 33. The molecule has 6 heteroatoms. The van der Waals surface area contributed by atoms with Crippen LogP contribution in [0.25, 0.3) is 0 Å². The van der Waals surface area contributed by atoms with E-state index in [1.54, 1.807) is 6.08 Å². The van der Waals surface area contributed by atoms with Gasteiger partial charge in [0.1, 0.15) is 0 Å². The lowest BCUT2D eigenvalue weighted by molar-refractivity contribution is -0.143. The van der Waals surface area contributed by atoms with E-state index in [1.807, 2.05) is 6.08 Å². The van der Waals surface area contributed by atoms with Crippen LogP contribution >= 0.6 is 0 Å². The Labute approximate surface area is 391 Å². The summed E-state index contributed by atoms with van der Waals surface area (Å²) in [6.07, 6.45) is 65.4. The molecule has 0 aromatic rings. The summed E-state index contributed by atoms with van der Waals surface area (Å²) in [4.78, 5) is 24.5. The molecule has 0 aliphatic carbocycles. The third-order valence-corrected chi connectivity index (χ3v) is 12.3. The van der Waals surface area contributed by atoms with Gasteiger partial charge in [-0.2, -0.15) is 0 Å². The molecule has 0 aromatic heterocycles. The summed E-state index contributed by atoms with van der Waals surface area (Å²) in [5.41, 5.74) is 0. The third kappa shape index (κ3) is 49.1. The van der Waals surface area contributed by atoms with Gasteiger partial charge in [0.15, 0.2) is 0 Å². The Kier molecular flexibility index (Phi) is 50.6. The van der Waals surface area contributed by atoms with Crippen molar-refractivity contribution in [1.29, 1.82) is 0 Å². The molecule has 0 aliphatic rings. The average Bonchev–Trinajstić information content (AvgIpc) is 3.28. The fourth-order valence-electron chi connectivity index (χ4n) is 8.07. The predicted octanol–water partition coefficient (Wildman–Crippen LogP) is 16.6. The fraction of sp³-hybridized carbons (Fsp3) is 0.825. The molecule has 3 N–H and O–H groups in total. The maximum Gasteiger partial charge on any atom is 0.305 e. The van der Waals surface area contributed by atoms with E-state index in [0.29, 0.717) is 19.4 Å². The number of ether oxygens (including phenoxy) is 1. The van der Waals surface area contributed by atoms with Crippen molar-refractivity contribution in [2.75, 3.05) is 13.2 Å². The van der Waals surface area contributed by atoms with E-state index in [1.165, 1.54) is 173 Å². The first kappa shape index (κ1) is 60.8. The van der Waals surface area contributed by atoms with Gasteiger partial charge in [0.25, 0.3) is 0 Å². The van der Waals surface area contributed by atoms with Gasteiger partial charge in [-0.3, -0.25) is 9.59 Å². The SMILES string of the molecule is CCCCCC/C=C\C/C=C\CCCCCCCCCC(=O)OCCCCCC/C=C\CCCCCCCCCC(=O)NC(CO)C(O)/C=C/CCCCCCCCCCCCC. The highest BCUT2D eigenvalue weighted by atomic mass is 16.5. The lowest BCUT2D eigenvalue weighted by Crippen LogP contribution is -2.45. The van der Waals surface area contributed by atoms with Crippen LogP contribution in [0.3, 0.4) is 0 Å². The van der Waals surface area contributed by atoms with Crippen molar-refractivity contribution in [3.63, 3.8) is 0 Å². The lowest BCUT2D eigenvalue weighted by atomic mass is 10.0. The van der Waals surface area contributed by atoms with Crippen molar-refractivity contribution in [3.8, 4) is 0 Å². The molecule has 1 amide bonds. The summed E-state index contributed by atoms with van der Waals surface area (Å²) in [6, 6.07) is -0.640. The van der Waals surface area contributed by atoms with E-state index in [0.717, 1.165) is 77.0 Å². The molecule has 0 rings (SSSR count). The van der Waals surface area contributed by atoms with Crippen LogP contribution in [0.4, 0.5) is 0 Å². The van der Waals surface area contributed by atoms with Crippen LogP contribution < -0.4 is 5.32 Å². The molecule has 0 spiro atoms. The van der Waals surface area contributed by atoms with Crippen LogP contribution in [0.5, 0.6) is 0 Å². The molecule has 0 saturated carbocycles. The summed E-state index contributed by atoms with van der Waals surface area (Å²) in [5.74, 6) is -0.104. The number of allylic oxidation sites excluding steroid dienone is 7. The second-order valence-corrected chi connectivity index (χ2v) is 18.5. The van der Waals surface area contributed by atoms with Crippen molar-refractivity contribution in [2.24, 2.45) is 0 Å². The van der Waals surface area contributed by atoms with Crippen LogP contribution in [-0.4, -0.2) is 47.4 Å². The number of carbonyl (C=O) groups excluding carboxylic acids is 2. The molecule has 0 bridgehead atoms. The zero-order valence-electron chi connectivity index (χ0n) is 41.8. The number of amides is 1. The summed E-state index contributed by atoms with van der Waals surface area (Å²) >= 11 is 0. The van der Waals surface area contributed by atoms with E-state index in [4.69, 9.17) is 4.74 Å². The highest BCUT2D eigenvalue weighted by molar-refractivity contribution is 5.76. The molecule has 6 nitrogen and oxygen atoms in total. The first-order valence-electron chi connectivity index (χ1n) is 27.4. The predicted molar refractivity (Wildman–Crippen MR) is 273 cm³/mol. The maximum absolute atomic E-state index is 12.4. The Hall–Kier alpha value is -2.18. The number of carbonyl (C=O) groups is 2. The van der Waals surface area contributed by atoms with Crippen molar-refractivity contribution >= 4 is 11.9 Å². The minimum absolute atomic E-state index is 0.0193. The van der Waals surface area contributed by atoms with Crippen LogP contribution in [-0.2, 0) is 14.3 Å². The van der Waals surface area contributed by atoms with Gasteiger partial charge in [-0.05, 0) is 89.9 Å². The van der Waals surface area contributed by atoms with Crippen molar-refractivity contribution in [2.45, 2.75) is 289 Å². The largest absolute Gasteiger partial charge is 0.466 e. The number of aliphatic hydroxyl groups is 2. The quantitative estimate of drug-likeness (QED) is 0.0321. The molecular weight excluding hydrogens is 779 g/mol. The molecular formula is C57H105NO5. The number of nitrogens with one attached hydrogen (secondary N) is 1. The highest BCUT2D eigenvalue weighted by Gasteiger charge is 2.18. The molecule has 0 aliphatic heterocycles. The molecule has 0 aromatic carbocycles. The van der Waals surface area contributed by atoms with Crippen molar-refractivity contribution in [1.82, 2.24) is 5.32 Å². The highest BCUT2D eigenvalue weighted by Crippen LogP contribution is 2.15. The van der Waals surface area contributed by atoms with E-state index in [-0.39, 0.29) is 18.5 Å². The zero-order valence-corrected chi connectivity index (χ0v) is 41.8. The smallest absolute Gasteiger partial charge is 0.305 e. The standard InChI is InChI=1S/C57H105NO5/c1-3-5-7-9-11-13-15-17-18-19-20-23-27-31-35-39-43-47-51-57(62)63-52-48-44-40-36-32-28-24-21-22-26-30-34-38-42-46-50-56(61)58-54(53-59)55(60)49-45-41-37-33-29-25-16-14-12-10-8-6-4-2/h13,15,18-19,24,28,45,49,54-55,59-60H,3-12,14,16-17,20-23,25-27,29-44,46-48,50-53H2,1-2H3,(H,58,61)/b15-13-,19-18-,28-24-,49-45+. The van der Waals surface area contributed by atoms with Crippen LogP contribution in [0.15, 0.2) is 48.6 Å². The minimum Gasteiger partial charge on any atom is -0.466 e. The maximum atomic E-state index is 12.4. The summed E-state index contributed by atoms with van der Waals surface area (Å²) in [6.45, 7) is 4.84. The van der Waals surface area contributed by atoms with Gasteiger partial charge in [0.2, 0.25) is 5.91 Å². The lowest BCUT2D eigenvalue weighted by Gasteiger charge is -2.20. The van der Waals surface area contributed by atoms with E-state index < -0.39 is 12.1 Å². The van der Waals surface area contributed by atoms with E-state index >= 15 is 0 Å². The van der Waals surface area contributed by atoms with Gasteiger partial charge < -0.3 is 20.3 Å². The fourth-order valence-corrected chi connectivity index (χ4v) is 8.07. The van der Waals surface area contributed by atoms with E-state index in [2.05, 4.69) is 55.6 Å². The van der Waals surface area contributed by atoms with Crippen molar-refractivity contribution in [3.05, 3.63) is 48.6 Å². The second-order valence-electron chi connectivity index (χ2n) is 18.5. The zero-order chi connectivity index (χ0) is 45.8. The molecule has 2 atom stereocenters. The second kappa shape index (κ2) is 52.4. The Morgan fingerprint density at radius 2 is 0.794 bits per heavy atom. The van der Waals surface area contributed by atoms with Gasteiger partial charge in [-0.25, -0.2) is 0 Å². The summed E-state index contributed by atoms with van der Waals surface area (Å²) < 4.78 is 5.46. The number of esters is 1. The summed E-state index contributed by atoms with van der Waals surface area (Å²) in [7, 11) is 0. The molecule has 2 unspecified atom stereocenters. The first-order chi connectivity index (χ1) is 31.0. The number of rotatable bonds is 50. The Morgan fingerprint density at radius 3 is 1.24 bits per heavy atom. The third-order valence-electron chi connectivity index (χ3n) is 12.3.